The van der Waals surface area contributed by atoms with Crippen LogP contribution in [0.25, 0.3) is 10.4 Å². The Hall–Kier alpha value is -5.02. The Kier molecular flexibility index (Phi) is 14.5. The van der Waals surface area contributed by atoms with Gasteiger partial charge in [0.15, 0.2) is 5.01 Å². The number of carbonyl (C=O) groups excluding carboxylic acids is 6. The predicted molar refractivity (Wildman–Crippen MR) is 211 cm³/mol. The van der Waals surface area contributed by atoms with Crippen molar-refractivity contribution in [2.45, 2.75) is 97.5 Å². The Balaban J connectivity index is 1.40. The minimum absolute atomic E-state index is 0.0222. The lowest BCUT2D eigenvalue weighted by molar-refractivity contribution is -0.142. The number of nitrogens with one attached hydrogen (secondary N) is 3. The van der Waals surface area contributed by atoms with Crippen LogP contribution in [0.5, 0.6) is 0 Å². The molecule has 0 saturated carbocycles. The summed E-state index contributed by atoms with van der Waals surface area (Å²) in [6.45, 7) is 11.7. The molecule has 1 aromatic carbocycles. The maximum Gasteiger partial charge on any atom is 0.408 e. The second-order valence-electron chi connectivity index (χ2n) is 15.5. The first-order valence-corrected chi connectivity index (χ1v) is 20.2. The topological polar surface area (TPSA) is 180 Å². The van der Waals surface area contributed by atoms with Gasteiger partial charge in [-0.3, -0.25) is 33.9 Å². The molecule has 4 heterocycles. The summed E-state index contributed by atoms with van der Waals surface area (Å²) in [7, 11) is 0. The number of thiazole rings is 1. The number of hydrogen-bond acceptors (Lipinski definition) is 11. The SMILES string of the molecule is CCCN(CCC)[C@@H]1C[C@@H](C(=O)NC(CC2CCNC2=O)C(=O)C(=O)c2ncc(-c3ccccc3)s2)N(C(=O)[C@@H](NC(=O)OCc2cccnc2)C(C)(C)C)C1. The van der Waals surface area contributed by atoms with Crippen molar-refractivity contribution in [2.75, 3.05) is 26.2 Å². The average Bonchev–Trinajstić information content (AvgIpc) is 3.96. The van der Waals surface area contributed by atoms with Crippen LogP contribution >= 0.6 is 11.3 Å². The van der Waals surface area contributed by atoms with E-state index in [1.54, 1.807) is 24.5 Å². The number of likely N-dealkylation sites (tertiary alicyclic amines) is 1. The third kappa shape index (κ3) is 10.6. The lowest BCUT2D eigenvalue weighted by atomic mass is 9.85. The fourth-order valence-electron chi connectivity index (χ4n) is 7.26. The van der Waals surface area contributed by atoms with Gasteiger partial charge in [-0.15, -0.1) is 11.3 Å². The molecule has 3 aromatic rings. The number of ketones is 2. The van der Waals surface area contributed by atoms with Gasteiger partial charge in [-0.2, -0.15) is 0 Å². The maximum absolute atomic E-state index is 14.6. The molecule has 4 amide bonds. The van der Waals surface area contributed by atoms with E-state index in [0.29, 0.717) is 23.4 Å². The molecule has 56 heavy (non-hydrogen) atoms. The number of pyridine rings is 1. The van der Waals surface area contributed by atoms with E-state index in [9.17, 15) is 28.8 Å². The first-order valence-electron chi connectivity index (χ1n) is 19.3. The number of rotatable bonds is 17. The maximum atomic E-state index is 14.6. The van der Waals surface area contributed by atoms with Gasteiger partial charge in [-0.1, -0.05) is 71.0 Å². The van der Waals surface area contributed by atoms with Crippen molar-refractivity contribution < 1.29 is 33.5 Å². The number of ether oxygens (including phenoxy) is 1. The quantitative estimate of drug-likeness (QED) is 0.131. The minimum atomic E-state index is -1.34. The van der Waals surface area contributed by atoms with Crippen LogP contribution in [0.2, 0.25) is 0 Å². The number of hydrogen-bond donors (Lipinski definition) is 3. The van der Waals surface area contributed by atoms with E-state index in [2.05, 4.69) is 44.7 Å². The smallest absolute Gasteiger partial charge is 0.408 e. The molecule has 2 aromatic heterocycles. The summed E-state index contributed by atoms with van der Waals surface area (Å²) in [5.41, 5.74) is 0.731. The van der Waals surface area contributed by atoms with Crippen LogP contribution in [0.15, 0.2) is 61.1 Å². The number of amides is 4. The molecule has 15 heteroatoms. The van der Waals surface area contributed by atoms with Crippen LogP contribution in [-0.4, -0.2) is 105 Å². The van der Waals surface area contributed by atoms with Crippen LogP contribution in [0.3, 0.4) is 0 Å². The highest BCUT2D eigenvalue weighted by molar-refractivity contribution is 7.17. The summed E-state index contributed by atoms with van der Waals surface area (Å²) in [5, 5.41) is 8.31. The summed E-state index contributed by atoms with van der Waals surface area (Å²) in [5.74, 6) is -3.70. The lowest BCUT2D eigenvalue weighted by Gasteiger charge is -2.35. The zero-order valence-electron chi connectivity index (χ0n) is 32.8. The zero-order valence-corrected chi connectivity index (χ0v) is 33.6. The average molecular weight is 788 g/mol. The first kappa shape index (κ1) is 42.1. The molecule has 0 spiro atoms. The highest BCUT2D eigenvalue weighted by Crippen LogP contribution is 2.30. The Morgan fingerprint density at radius 1 is 1.02 bits per heavy atom. The zero-order chi connectivity index (χ0) is 40.4. The standard InChI is InChI=1S/C41H53N7O7S/c1-6-18-47(19-7-2)29-21-31(48(24-29)39(53)35(41(3,4)5)46-40(54)55-25-26-12-11-16-42-22-26)37(52)45-30(20-28-15-17-43-36(28)51)33(49)34(50)38-44-23-32(56-38)27-13-9-8-10-14-27/h8-14,16,22-23,28-31,35H,6-7,15,17-21,24-25H2,1-5H3,(H,43,51)(H,45,52)(H,46,54)/t28?,29-,30?,31+,35-/m1/s1. The summed E-state index contributed by atoms with van der Waals surface area (Å²) >= 11 is 1.08. The number of carbonyl (C=O) groups is 6. The van der Waals surface area contributed by atoms with E-state index in [-0.39, 0.29) is 42.9 Å². The monoisotopic (exact) mass is 787 g/mol. The number of benzene rings is 1. The van der Waals surface area contributed by atoms with Crippen molar-refractivity contribution in [3.63, 3.8) is 0 Å². The molecule has 0 aliphatic carbocycles. The van der Waals surface area contributed by atoms with Crippen molar-refractivity contribution in [2.24, 2.45) is 11.3 Å². The van der Waals surface area contributed by atoms with Crippen molar-refractivity contribution in [3.05, 3.63) is 71.6 Å². The van der Waals surface area contributed by atoms with Gasteiger partial charge in [0.1, 0.15) is 18.7 Å². The van der Waals surface area contributed by atoms with Crippen molar-refractivity contribution in [1.82, 2.24) is 35.7 Å². The molecular formula is C41H53N7O7S. The second-order valence-corrected chi connectivity index (χ2v) is 16.5. The first-order chi connectivity index (χ1) is 26.8. The van der Waals surface area contributed by atoms with Crippen LogP contribution in [-0.2, 0) is 30.5 Å². The molecule has 3 N–H and O–H groups in total. The molecular weight excluding hydrogens is 735 g/mol. The normalized spacial score (nSPS) is 19.3. The molecule has 0 bridgehead atoms. The fourth-order valence-corrected chi connectivity index (χ4v) is 8.13. The molecule has 0 radical (unpaired) electrons. The fraction of sp³-hybridized carbons (Fsp3) is 0.512. The molecule has 2 unspecified atom stereocenters. The van der Waals surface area contributed by atoms with E-state index >= 15 is 0 Å². The van der Waals surface area contributed by atoms with Gasteiger partial charge in [-0.25, -0.2) is 9.78 Å². The molecule has 2 saturated heterocycles. The summed E-state index contributed by atoms with van der Waals surface area (Å²) < 4.78 is 5.45. The second kappa shape index (κ2) is 19.2. The molecule has 5 rings (SSSR count). The Bertz CT molecular complexity index is 1840. The molecule has 5 atom stereocenters. The number of Topliss-reactive ketones (excluding diaryl/α,β-unsaturated/α-hetero) is 2. The van der Waals surface area contributed by atoms with Crippen molar-refractivity contribution in [1.29, 1.82) is 0 Å². The Morgan fingerprint density at radius 3 is 2.38 bits per heavy atom. The molecule has 2 aliphatic heterocycles. The van der Waals surface area contributed by atoms with E-state index in [1.165, 1.54) is 11.1 Å². The Morgan fingerprint density at radius 2 is 1.75 bits per heavy atom. The molecule has 14 nitrogen and oxygen atoms in total. The van der Waals surface area contributed by atoms with Gasteiger partial charge < -0.3 is 25.6 Å². The van der Waals surface area contributed by atoms with Gasteiger partial charge >= 0.3 is 6.09 Å². The predicted octanol–water partition coefficient (Wildman–Crippen LogP) is 4.40. The van der Waals surface area contributed by atoms with Gasteiger partial charge in [-0.05, 0) is 62.2 Å². The van der Waals surface area contributed by atoms with E-state index in [0.717, 1.165) is 42.8 Å². The Labute approximate surface area is 332 Å². The molecule has 2 aliphatic rings. The van der Waals surface area contributed by atoms with Gasteiger partial charge in [0.2, 0.25) is 23.5 Å². The number of aromatic nitrogens is 2. The van der Waals surface area contributed by atoms with Gasteiger partial charge in [0, 0.05) is 49.2 Å². The highest BCUT2D eigenvalue weighted by Gasteiger charge is 2.47. The summed E-state index contributed by atoms with van der Waals surface area (Å²) in [4.78, 5) is 95.4. The van der Waals surface area contributed by atoms with E-state index in [1.807, 2.05) is 51.1 Å². The largest absolute Gasteiger partial charge is 0.445 e. The summed E-state index contributed by atoms with van der Waals surface area (Å²) in [6.07, 6.45) is 6.28. The van der Waals surface area contributed by atoms with Gasteiger partial charge in [0.25, 0.3) is 5.78 Å². The lowest BCUT2D eigenvalue weighted by Crippen LogP contribution is -2.59. The third-order valence-corrected chi connectivity index (χ3v) is 11.2. The number of alkyl carbamates (subject to hydrolysis) is 1. The van der Waals surface area contributed by atoms with Crippen LogP contribution in [0.1, 0.15) is 82.1 Å². The van der Waals surface area contributed by atoms with E-state index < -0.39 is 58.9 Å². The number of nitrogens with zero attached hydrogens (tertiary/aromatic N) is 4. The van der Waals surface area contributed by atoms with Crippen LogP contribution in [0.4, 0.5) is 4.79 Å². The highest BCUT2D eigenvalue weighted by atomic mass is 32.1. The minimum Gasteiger partial charge on any atom is -0.445 e. The third-order valence-electron chi connectivity index (χ3n) is 10.2. The van der Waals surface area contributed by atoms with Gasteiger partial charge in [0.05, 0.1) is 10.9 Å². The van der Waals surface area contributed by atoms with Crippen molar-refractivity contribution in [3.8, 4) is 10.4 Å². The van der Waals surface area contributed by atoms with Crippen LogP contribution < -0.4 is 16.0 Å². The summed E-state index contributed by atoms with van der Waals surface area (Å²) in [6, 6.07) is 9.21. The molecule has 300 valence electrons. The van der Waals surface area contributed by atoms with Crippen LogP contribution in [0, 0.1) is 11.3 Å². The molecule has 2 fully saturated rings. The van der Waals surface area contributed by atoms with Crippen molar-refractivity contribution >= 4 is 46.7 Å². The van der Waals surface area contributed by atoms with E-state index in [4.69, 9.17) is 4.74 Å².